The number of hydrogen-bond donors (Lipinski definition) is 6. The van der Waals surface area contributed by atoms with E-state index in [1.807, 2.05) is 24.3 Å². The lowest BCUT2D eigenvalue weighted by Gasteiger charge is -2.08. The number of nitro benzene ring substituents is 3. The number of nitrogens with one attached hydrogen (secondary N) is 3. The van der Waals surface area contributed by atoms with Gasteiger partial charge in [0, 0.05) is 113 Å². The molecule has 0 atom stereocenters. The quantitative estimate of drug-likeness (QED) is 0.0136. The van der Waals surface area contributed by atoms with Crippen molar-refractivity contribution < 1.29 is 72.3 Å². The summed E-state index contributed by atoms with van der Waals surface area (Å²) in [5.74, 6) is 0.877. The molecule has 8 aromatic heterocycles. The van der Waals surface area contributed by atoms with E-state index in [4.69, 9.17) is 27.8 Å². The van der Waals surface area contributed by atoms with Crippen LogP contribution in [0.4, 0.5) is 48.5 Å². The van der Waals surface area contributed by atoms with Crippen LogP contribution in [0.1, 0.15) is 11.1 Å². The maximum Gasteiger partial charge on any atom is 0.417 e. The molecule has 670 valence electrons. The highest BCUT2D eigenvalue weighted by Crippen LogP contribution is 2.33. The van der Waals surface area contributed by atoms with E-state index in [-0.39, 0.29) is 59.5 Å². The highest BCUT2D eigenvalue weighted by atomic mass is 79.9. The Labute approximate surface area is 789 Å². The minimum atomic E-state index is -3.60. The Balaban J connectivity index is 0.000000186. The molecule has 0 bridgehead atoms. The second-order valence-corrected chi connectivity index (χ2v) is 41.7. The van der Waals surface area contributed by atoms with Crippen molar-refractivity contribution >= 4 is 211 Å². The maximum absolute atomic E-state index is 12.4. The van der Waals surface area contributed by atoms with Gasteiger partial charge in [-0.15, -0.1) is 80.6 Å². The average molecular weight is 2070 g/mol. The first-order chi connectivity index (χ1) is 62.3. The van der Waals surface area contributed by atoms with Gasteiger partial charge in [-0.1, -0.05) is 48.2 Å². The molecule has 49 heteroatoms. The second-order valence-electron chi connectivity index (χ2n) is 24.1. The lowest BCUT2D eigenvalue weighted by Crippen LogP contribution is -2.28. The molecule has 0 aliphatic rings. The number of urea groups is 1. The number of hydrogen-bond acceptors (Lipinski definition) is 37. The van der Waals surface area contributed by atoms with E-state index in [0.717, 1.165) is 86.4 Å². The highest BCUT2D eigenvalue weighted by Gasteiger charge is 2.24. The first-order valence-electron chi connectivity index (χ1n) is 35.9. The van der Waals surface area contributed by atoms with Crippen molar-refractivity contribution in [1.29, 1.82) is 0 Å². The number of para-hydroxylation sites is 2. The zero-order chi connectivity index (χ0) is 93.9. The van der Waals surface area contributed by atoms with E-state index < -0.39 is 65.6 Å². The summed E-state index contributed by atoms with van der Waals surface area (Å²) in [6, 6.07) is 59.5. The van der Waals surface area contributed by atoms with Gasteiger partial charge in [-0.05, 0) is 185 Å². The predicted molar refractivity (Wildman–Crippen MR) is 503 cm³/mol. The molecule has 0 aliphatic carbocycles. The van der Waals surface area contributed by atoms with Gasteiger partial charge in [-0.2, -0.15) is 0 Å². The summed E-state index contributed by atoms with van der Waals surface area (Å²) in [6.45, 7) is 0.967. The minimum Gasteiger partial charge on any atom is -0.415 e. The molecule has 35 nitrogen and oxygen atoms in total. The van der Waals surface area contributed by atoms with Crippen LogP contribution in [0.25, 0.3) is 0 Å². The number of thiol groups is 1. The number of anilines is 3. The number of ether oxygens (including phenoxy) is 2. The number of nitrogen functional groups attached to an aromatic ring is 1. The number of nitro groups is 3. The van der Waals surface area contributed by atoms with Crippen LogP contribution in [0.5, 0.6) is 11.5 Å². The SMILES string of the molecule is Brc1cncs1.NCc1ccncc1.Nc1ccc(S(=O)(=O)c2cncs2)cc1.O=C(Cl)Oc1ccccc1.O=C(NCc1ccncc1)Nc1ccc(S(=O)(=O)c2cncs2)cc1.O=C(Nc1ccc(S(=O)(=O)c2cncs2)cc1)Oc1ccccc1.O=[N+]([O-])c1ccc(S(=O)(=O)c2cncs2)cc1.O=[N+]([O-])c1ccc(S)cc1.O=[N+]([O-])c1ccc(Sc2cncs2)cc1. The molecule has 16 aromatic rings. The summed E-state index contributed by atoms with van der Waals surface area (Å²) < 4.78 is 110. The van der Waals surface area contributed by atoms with Gasteiger partial charge in [-0.25, -0.2) is 48.1 Å². The molecule has 8 heterocycles. The number of carbonyl (C=O) groups excluding carboxylic acids is 3. The van der Waals surface area contributed by atoms with Crippen molar-refractivity contribution in [2.75, 3.05) is 16.4 Å². The Morgan fingerprint density at radius 2 is 0.769 bits per heavy atom. The van der Waals surface area contributed by atoms with E-state index in [2.05, 4.69) is 89.1 Å². The third-order valence-corrected chi connectivity index (χ3v) is 31.1. The van der Waals surface area contributed by atoms with Crippen LogP contribution in [0.2, 0.25) is 0 Å². The van der Waals surface area contributed by atoms with Crippen LogP contribution in [0, 0.1) is 30.3 Å². The minimum absolute atomic E-state index is 0.0207. The normalized spacial score (nSPS) is 10.5. The van der Waals surface area contributed by atoms with Crippen molar-refractivity contribution in [3.05, 3.63) is 371 Å². The summed E-state index contributed by atoms with van der Waals surface area (Å²) in [4.78, 5) is 96.1. The molecule has 0 saturated heterocycles. The number of nitrogens with zero attached hydrogens (tertiary/aromatic N) is 11. The maximum atomic E-state index is 12.4. The molecule has 0 saturated carbocycles. The van der Waals surface area contributed by atoms with Gasteiger partial charge in [0.25, 0.3) is 17.1 Å². The topological polar surface area (TPSA) is 527 Å². The lowest BCUT2D eigenvalue weighted by atomic mass is 10.3. The third-order valence-electron chi connectivity index (χ3n) is 15.3. The third kappa shape index (κ3) is 34.6. The Morgan fingerprint density at radius 3 is 1.11 bits per heavy atom. The van der Waals surface area contributed by atoms with Crippen LogP contribution in [0.3, 0.4) is 0 Å². The van der Waals surface area contributed by atoms with Crippen molar-refractivity contribution in [1.82, 2.24) is 45.2 Å². The average Bonchev–Trinajstić information content (AvgIpc) is 1.62. The molecule has 0 aliphatic heterocycles. The Bertz CT molecular complexity index is 6660. The number of non-ortho nitro benzene ring substituents is 3. The van der Waals surface area contributed by atoms with Gasteiger partial charge >= 0.3 is 17.6 Å². The molecule has 3 amide bonds. The zero-order valence-electron chi connectivity index (χ0n) is 66.1. The van der Waals surface area contributed by atoms with Gasteiger partial charge in [0.15, 0.2) is 0 Å². The first kappa shape index (κ1) is 102. The number of rotatable bonds is 20. The predicted octanol–water partition coefficient (Wildman–Crippen LogP) is 19.7. The second kappa shape index (κ2) is 52.5. The number of amides is 3. The van der Waals surface area contributed by atoms with Gasteiger partial charge in [0.2, 0.25) is 39.3 Å². The molecule has 0 unspecified atom stereocenters. The van der Waals surface area contributed by atoms with E-state index in [9.17, 15) is 78.4 Å². The van der Waals surface area contributed by atoms with Crippen LogP contribution >= 0.6 is 120 Å². The Hall–Kier alpha value is -12.9. The van der Waals surface area contributed by atoms with Crippen LogP contribution < -0.4 is 36.9 Å². The number of aromatic nitrogens is 8. The number of benzene rings is 8. The summed E-state index contributed by atoms with van der Waals surface area (Å²) in [5.41, 5.74) is 22.9. The van der Waals surface area contributed by atoms with Gasteiger partial charge < -0.3 is 31.6 Å². The molecule has 0 spiro atoms. The largest absolute Gasteiger partial charge is 0.417 e. The fourth-order valence-corrected chi connectivity index (χ4v) is 20.4. The van der Waals surface area contributed by atoms with Gasteiger partial charge in [-0.3, -0.25) is 75.5 Å². The van der Waals surface area contributed by atoms with Crippen molar-refractivity contribution in [3.8, 4) is 11.5 Å². The molecule has 8 aromatic carbocycles. The summed E-state index contributed by atoms with van der Waals surface area (Å²) in [5, 5.41) is 38.9. The van der Waals surface area contributed by atoms with Crippen molar-refractivity contribution in [3.63, 3.8) is 0 Å². The number of carbonyl (C=O) groups is 3. The standard InChI is InChI=1S/C16H14N4O3S2.C16H12N2O4S2.C9H6N2O4S2.C9H8N2O2S2.C9H6N2O2S2.C7H5ClO2.C6H8N2.C6H5NO2S.C3H2BrNS/c21-16(19-9-12-5-7-17-8-6-12)20-13-1-3-14(4-2-13)25(22,23)15-10-18-11-24-15;19-16(22-13-4-2-1-3-5-13)18-12-6-8-14(9-7-12)24(20,21)15-10-17-11-23-15;12-11(13)7-1-3-8(4-2-7)17(14,15)9-5-10-6-16-9;10-7-1-3-8(4-2-7)15(12,13)9-5-11-6-14-9;12-11(13)7-1-3-8(4-2-7)15-9-5-10-6-14-9;8-7(9)10-6-4-2-1-3-5-6;7-5-6-1-3-8-4-2-6;8-7(9)5-1-3-6(10)4-2-5;4-3-1-5-2-6-3/h1-8,10-11H,9H2,(H2,19,20,21);1-11H,(H,18,19);1-6H;1-6H,10H2;1-6H;1-5H;1-4H,5,7H2;1-4,10H;1-2H. The first-order valence-corrected chi connectivity index (χ1v) is 49.6. The molecule has 16 rings (SSSR count). The fourth-order valence-electron chi connectivity index (χ4n) is 9.12. The molecular formula is C81H66BrClN16O19S12. The van der Waals surface area contributed by atoms with E-state index in [1.54, 1.807) is 192 Å². The van der Waals surface area contributed by atoms with Gasteiger partial charge in [0.05, 0.1) is 113 Å². The Morgan fingerprint density at radius 1 is 0.423 bits per heavy atom. The molecule has 0 fully saturated rings. The summed E-state index contributed by atoms with van der Waals surface area (Å²) in [6.07, 6.45) is 14.9. The lowest BCUT2D eigenvalue weighted by molar-refractivity contribution is -0.385. The van der Waals surface area contributed by atoms with E-state index in [0.29, 0.717) is 41.7 Å². The zero-order valence-corrected chi connectivity index (χ0v) is 78.3. The smallest absolute Gasteiger partial charge is 0.415 e. The van der Waals surface area contributed by atoms with E-state index >= 15 is 0 Å². The Kier molecular flexibility index (Phi) is 41.4. The number of sulfone groups is 4. The van der Waals surface area contributed by atoms with E-state index in [1.165, 1.54) is 132 Å². The number of nitrogens with two attached hydrogens (primary N) is 2. The number of halogens is 2. The van der Waals surface area contributed by atoms with Gasteiger partial charge in [0.1, 0.15) is 28.3 Å². The number of thiazole rings is 6. The van der Waals surface area contributed by atoms with Crippen molar-refractivity contribution in [2.45, 2.75) is 63.5 Å². The summed E-state index contributed by atoms with van der Waals surface area (Å²) >= 11 is 21.1. The fraction of sp³-hybridized carbons (Fsp3) is 0.0247. The van der Waals surface area contributed by atoms with Crippen LogP contribution in [-0.2, 0) is 52.4 Å². The highest BCUT2D eigenvalue weighted by molar-refractivity contribution is 9.11. The van der Waals surface area contributed by atoms with Crippen LogP contribution in [0.15, 0.2) is 380 Å². The monoisotopic (exact) mass is 2060 g/mol. The van der Waals surface area contributed by atoms with Crippen molar-refractivity contribution in [2.24, 2.45) is 5.73 Å². The molecule has 0 radical (unpaired) electrons. The molecular weight excluding hydrogens is 2000 g/mol. The molecule has 7 N–H and O–H groups in total. The molecule has 130 heavy (non-hydrogen) atoms. The number of pyridine rings is 2. The summed E-state index contributed by atoms with van der Waals surface area (Å²) in [7, 11) is -14.2. The van der Waals surface area contributed by atoms with Crippen LogP contribution in [-0.4, -0.2) is 106 Å².